The fourth-order valence-corrected chi connectivity index (χ4v) is 4.46. The van der Waals surface area contributed by atoms with E-state index in [9.17, 15) is 9.90 Å². The number of carbonyl (C=O) groups is 1. The molecular weight excluding hydrogens is 282 g/mol. The third-order valence-corrected chi connectivity index (χ3v) is 5.73. The molecule has 7 atom stereocenters. The lowest BCUT2D eigenvalue weighted by Gasteiger charge is -2.28. The van der Waals surface area contributed by atoms with Crippen molar-refractivity contribution in [1.82, 2.24) is 15.5 Å². The average Bonchev–Trinajstić information content (AvgIpc) is 3.12. The van der Waals surface area contributed by atoms with Crippen LogP contribution in [0.3, 0.4) is 0 Å². The zero-order valence-electron chi connectivity index (χ0n) is 12.9. The highest BCUT2D eigenvalue weighted by Gasteiger charge is 2.57. The lowest BCUT2D eigenvalue weighted by atomic mass is 9.95. The molecule has 2 fully saturated rings. The second-order valence-electron chi connectivity index (χ2n) is 7.08. The molecule has 0 radical (unpaired) electrons. The van der Waals surface area contributed by atoms with Gasteiger partial charge in [-0.05, 0) is 29.7 Å². The Morgan fingerprint density at radius 3 is 3.00 bits per heavy atom. The van der Waals surface area contributed by atoms with Gasteiger partial charge >= 0.3 is 0 Å². The smallest absolute Gasteiger partial charge is 0.238 e. The van der Waals surface area contributed by atoms with Crippen molar-refractivity contribution in [3.05, 3.63) is 11.8 Å². The van der Waals surface area contributed by atoms with E-state index in [0.717, 1.165) is 12.0 Å². The van der Waals surface area contributed by atoms with Crippen molar-refractivity contribution in [3.63, 3.8) is 0 Å². The van der Waals surface area contributed by atoms with Gasteiger partial charge < -0.3 is 21.1 Å². The van der Waals surface area contributed by atoms with Gasteiger partial charge in [0.2, 0.25) is 5.91 Å². The molecule has 0 bridgehead atoms. The number of aliphatic hydroxyl groups excluding tert-OH is 1. The van der Waals surface area contributed by atoms with Crippen LogP contribution in [0.2, 0.25) is 0 Å². The molecule has 7 unspecified atom stereocenters. The van der Waals surface area contributed by atoms with Gasteiger partial charge in [-0.25, -0.2) is 4.99 Å². The van der Waals surface area contributed by atoms with E-state index in [0.29, 0.717) is 24.4 Å². The first-order chi connectivity index (χ1) is 10.5. The van der Waals surface area contributed by atoms with Gasteiger partial charge in [-0.3, -0.25) is 10.1 Å². The molecule has 120 valence electrons. The Labute approximate surface area is 129 Å². The van der Waals surface area contributed by atoms with Gasteiger partial charge in [0.25, 0.3) is 0 Å². The number of aliphatic hydroxyl groups is 1. The Balaban J connectivity index is 1.45. The van der Waals surface area contributed by atoms with E-state index in [-0.39, 0.29) is 36.0 Å². The molecule has 1 amide bonds. The Kier molecular flexibility index (Phi) is 2.99. The first-order valence-electron chi connectivity index (χ1n) is 7.95. The normalized spacial score (nSPS) is 45.9. The van der Waals surface area contributed by atoms with Gasteiger partial charge in [0.05, 0.1) is 6.10 Å². The van der Waals surface area contributed by atoms with Crippen molar-refractivity contribution in [2.24, 2.45) is 34.4 Å². The van der Waals surface area contributed by atoms with Crippen LogP contribution in [0.1, 0.15) is 13.3 Å². The first kappa shape index (κ1) is 14.0. The Morgan fingerprint density at radius 1 is 1.55 bits per heavy atom. The highest BCUT2D eigenvalue weighted by molar-refractivity contribution is 6.01. The van der Waals surface area contributed by atoms with E-state index < -0.39 is 0 Å². The molecule has 0 aromatic carbocycles. The summed E-state index contributed by atoms with van der Waals surface area (Å²) < 4.78 is 0. The maximum atomic E-state index is 12.2. The number of nitrogens with one attached hydrogen (secondary N) is 2. The zero-order valence-corrected chi connectivity index (χ0v) is 12.9. The van der Waals surface area contributed by atoms with Crippen molar-refractivity contribution in [3.8, 4) is 0 Å². The second-order valence-corrected chi connectivity index (χ2v) is 7.08. The van der Waals surface area contributed by atoms with Crippen LogP contribution in [0, 0.1) is 23.7 Å². The largest absolute Gasteiger partial charge is 0.392 e. The summed E-state index contributed by atoms with van der Waals surface area (Å²) in [6, 6.07) is 0.338. The number of amides is 1. The molecule has 2 aliphatic heterocycles. The highest BCUT2D eigenvalue weighted by atomic mass is 16.3. The summed E-state index contributed by atoms with van der Waals surface area (Å²) in [4.78, 5) is 18.5. The third kappa shape index (κ3) is 1.95. The van der Waals surface area contributed by atoms with Crippen LogP contribution in [0.5, 0.6) is 0 Å². The summed E-state index contributed by atoms with van der Waals surface area (Å²) in [7, 11) is 1.92. The minimum Gasteiger partial charge on any atom is -0.392 e. The fourth-order valence-electron chi connectivity index (χ4n) is 4.46. The Hall–Kier alpha value is -1.60. The highest BCUT2D eigenvalue weighted by Crippen LogP contribution is 2.54. The lowest BCUT2D eigenvalue weighted by Crippen LogP contribution is -2.51. The number of nitrogens with zero attached hydrogens (tertiary/aromatic N) is 2. The fraction of sp³-hybridized carbons (Fsp3) is 0.733. The lowest BCUT2D eigenvalue weighted by molar-refractivity contribution is -0.124. The molecule has 2 heterocycles. The molecule has 2 aliphatic carbocycles. The SMILES string of the molecule is CC1C(O)C2CC2C1NCC1=CN(C)C2N=C(N)NC(=O)C12. The van der Waals surface area contributed by atoms with Crippen LogP contribution < -0.4 is 16.4 Å². The van der Waals surface area contributed by atoms with Gasteiger partial charge in [-0.2, -0.15) is 0 Å². The Morgan fingerprint density at radius 2 is 2.32 bits per heavy atom. The van der Waals surface area contributed by atoms with E-state index in [4.69, 9.17) is 5.73 Å². The van der Waals surface area contributed by atoms with Crippen LogP contribution in [0.25, 0.3) is 0 Å². The minimum absolute atomic E-state index is 0.0845. The molecule has 4 aliphatic rings. The monoisotopic (exact) mass is 305 g/mol. The average molecular weight is 305 g/mol. The molecule has 4 rings (SSSR count). The molecule has 0 aromatic heterocycles. The predicted octanol–water partition coefficient (Wildman–Crippen LogP) is -1.19. The molecular formula is C15H23N5O2. The summed E-state index contributed by atoms with van der Waals surface area (Å²) in [5.41, 5.74) is 6.68. The number of guanidine groups is 1. The molecule has 22 heavy (non-hydrogen) atoms. The molecule has 0 spiro atoms. The van der Waals surface area contributed by atoms with E-state index in [1.54, 1.807) is 0 Å². The number of rotatable bonds is 3. The van der Waals surface area contributed by atoms with Crippen LogP contribution in [0.4, 0.5) is 0 Å². The van der Waals surface area contributed by atoms with Gasteiger partial charge in [0, 0.05) is 25.8 Å². The standard InChI is InChI=1S/C15H23N5O2/c1-6-11(8-3-9(8)12(6)21)17-4-7-5-20(2)13-10(7)14(22)19-15(16)18-13/h5-6,8-13,17,21H,3-4H2,1-2H3,(H3,16,18,19,22). The van der Waals surface area contributed by atoms with E-state index in [1.807, 2.05) is 18.1 Å². The van der Waals surface area contributed by atoms with Crippen molar-refractivity contribution in [2.75, 3.05) is 13.6 Å². The van der Waals surface area contributed by atoms with E-state index in [2.05, 4.69) is 22.5 Å². The number of carbonyl (C=O) groups excluding carboxylic acids is 1. The summed E-state index contributed by atoms with van der Waals surface area (Å²) in [6.07, 6.45) is 2.70. The number of aliphatic imine (C=N–C) groups is 1. The summed E-state index contributed by atoms with van der Waals surface area (Å²) in [5, 5.41) is 16.3. The minimum atomic E-state index is -0.276. The Bertz CT molecular complexity index is 574. The molecule has 5 N–H and O–H groups in total. The quantitative estimate of drug-likeness (QED) is 0.525. The van der Waals surface area contributed by atoms with Gasteiger partial charge in [0.1, 0.15) is 12.1 Å². The zero-order chi connectivity index (χ0) is 15.6. The summed E-state index contributed by atoms with van der Waals surface area (Å²) in [5.74, 6) is 1.17. The third-order valence-electron chi connectivity index (χ3n) is 5.73. The summed E-state index contributed by atoms with van der Waals surface area (Å²) >= 11 is 0. The van der Waals surface area contributed by atoms with Crippen molar-refractivity contribution < 1.29 is 9.90 Å². The molecule has 0 saturated heterocycles. The molecule has 0 aromatic rings. The van der Waals surface area contributed by atoms with E-state index in [1.165, 1.54) is 0 Å². The van der Waals surface area contributed by atoms with E-state index >= 15 is 0 Å². The number of hydrogen-bond donors (Lipinski definition) is 4. The molecule has 2 saturated carbocycles. The van der Waals surface area contributed by atoms with Gasteiger partial charge in [0.15, 0.2) is 5.96 Å². The van der Waals surface area contributed by atoms with Gasteiger partial charge in [-0.1, -0.05) is 6.92 Å². The first-order valence-corrected chi connectivity index (χ1v) is 7.95. The van der Waals surface area contributed by atoms with Crippen molar-refractivity contribution >= 4 is 11.9 Å². The summed E-state index contributed by atoms with van der Waals surface area (Å²) in [6.45, 7) is 2.75. The predicted molar refractivity (Wildman–Crippen MR) is 81.4 cm³/mol. The topological polar surface area (TPSA) is 103 Å². The van der Waals surface area contributed by atoms with Crippen LogP contribution >= 0.6 is 0 Å². The molecule has 7 nitrogen and oxygen atoms in total. The number of fused-ring (bicyclic) bond motifs is 2. The van der Waals surface area contributed by atoms with Crippen LogP contribution in [-0.2, 0) is 4.79 Å². The van der Waals surface area contributed by atoms with Crippen LogP contribution in [-0.4, -0.2) is 53.8 Å². The van der Waals surface area contributed by atoms with Gasteiger partial charge in [-0.15, -0.1) is 0 Å². The maximum Gasteiger partial charge on any atom is 0.238 e. The molecule has 7 heteroatoms. The van der Waals surface area contributed by atoms with Crippen LogP contribution in [0.15, 0.2) is 16.8 Å². The maximum absolute atomic E-state index is 12.2. The number of hydrogen-bond acceptors (Lipinski definition) is 6. The van der Waals surface area contributed by atoms with Crippen molar-refractivity contribution in [1.29, 1.82) is 0 Å². The number of nitrogens with two attached hydrogens (primary N) is 1. The second kappa shape index (κ2) is 4.70. The van der Waals surface area contributed by atoms with Crippen molar-refractivity contribution in [2.45, 2.75) is 31.7 Å².